The van der Waals surface area contributed by atoms with Gasteiger partial charge in [0.25, 0.3) is 11.6 Å². The van der Waals surface area contributed by atoms with Gasteiger partial charge in [0.05, 0.1) is 0 Å². The number of hydrogen-bond acceptors (Lipinski definition) is 6. The first kappa shape index (κ1) is 16.6. The highest BCUT2D eigenvalue weighted by Crippen LogP contribution is 2.18. The molecule has 114 valence electrons. The Labute approximate surface area is 123 Å². The van der Waals surface area contributed by atoms with Gasteiger partial charge in [0.1, 0.15) is 11.5 Å². The fourth-order valence-electron chi connectivity index (χ4n) is 1.38. The summed E-state index contributed by atoms with van der Waals surface area (Å²) >= 11 is 0. The SMILES string of the molecule is O=C(O)C(=O)C=C(O)c1cccc(C(O)=CC(=O)C(=O)O)c1. The highest BCUT2D eigenvalue weighted by Gasteiger charge is 2.13. The molecule has 0 spiro atoms. The number of aliphatic hydroxyl groups excluding tert-OH is 2. The van der Waals surface area contributed by atoms with Crippen LogP contribution in [-0.4, -0.2) is 43.9 Å². The van der Waals surface area contributed by atoms with Crippen LogP contribution in [0.1, 0.15) is 11.1 Å². The van der Waals surface area contributed by atoms with E-state index < -0.39 is 35.0 Å². The van der Waals surface area contributed by atoms with Crippen molar-refractivity contribution in [3.05, 3.63) is 47.5 Å². The van der Waals surface area contributed by atoms with Crippen molar-refractivity contribution in [1.82, 2.24) is 0 Å². The quantitative estimate of drug-likeness (QED) is 0.342. The van der Waals surface area contributed by atoms with E-state index in [0.29, 0.717) is 12.2 Å². The molecule has 0 aliphatic carbocycles. The van der Waals surface area contributed by atoms with Crippen molar-refractivity contribution in [3.63, 3.8) is 0 Å². The van der Waals surface area contributed by atoms with Crippen LogP contribution in [-0.2, 0) is 19.2 Å². The van der Waals surface area contributed by atoms with E-state index in [9.17, 15) is 29.4 Å². The molecule has 1 rings (SSSR count). The lowest BCUT2D eigenvalue weighted by molar-refractivity contribution is -0.146. The van der Waals surface area contributed by atoms with E-state index in [2.05, 4.69) is 0 Å². The minimum absolute atomic E-state index is 0.00479. The molecule has 0 atom stereocenters. The number of carboxylic acid groups (broad SMARTS) is 2. The van der Waals surface area contributed by atoms with E-state index >= 15 is 0 Å². The molecule has 1 aromatic rings. The smallest absolute Gasteiger partial charge is 0.376 e. The van der Waals surface area contributed by atoms with Crippen molar-refractivity contribution in [3.8, 4) is 0 Å². The largest absolute Gasteiger partial charge is 0.507 e. The second kappa shape index (κ2) is 6.84. The molecular weight excluding hydrogens is 296 g/mol. The molecule has 8 heteroatoms. The van der Waals surface area contributed by atoms with E-state index in [1.807, 2.05) is 0 Å². The lowest BCUT2D eigenvalue weighted by Crippen LogP contribution is -2.10. The predicted octanol–water partition coefficient (Wildman–Crippen LogP) is 0.792. The van der Waals surface area contributed by atoms with Crippen molar-refractivity contribution in [2.45, 2.75) is 0 Å². The summed E-state index contributed by atoms with van der Waals surface area (Å²) in [5.74, 6) is -7.51. The van der Waals surface area contributed by atoms with Crippen LogP contribution >= 0.6 is 0 Å². The van der Waals surface area contributed by atoms with Gasteiger partial charge in [-0.15, -0.1) is 0 Å². The van der Waals surface area contributed by atoms with Gasteiger partial charge in [-0.1, -0.05) is 18.2 Å². The number of ketones is 2. The summed E-state index contributed by atoms with van der Waals surface area (Å²) in [6, 6.07) is 5.12. The number of benzene rings is 1. The van der Waals surface area contributed by atoms with Crippen LogP contribution in [0, 0.1) is 0 Å². The number of carboxylic acids is 2. The first-order valence-electron chi connectivity index (χ1n) is 5.69. The molecule has 0 saturated carbocycles. The molecule has 0 fully saturated rings. The molecule has 0 aliphatic rings. The van der Waals surface area contributed by atoms with Gasteiger partial charge in [-0.25, -0.2) is 9.59 Å². The maximum Gasteiger partial charge on any atom is 0.376 e. The van der Waals surface area contributed by atoms with Gasteiger partial charge in [-0.2, -0.15) is 0 Å². The van der Waals surface area contributed by atoms with Crippen LogP contribution in [0.2, 0.25) is 0 Å². The van der Waals surface area contributed by atoms with Gasteiger partial charge in [0.15, 0.2) is 0 Å². The number of rotatable bonds is 6. The molecule has 0 saturated heterocycles. The van der Waals surface area contributed by atoms with E-state index in [1.54, 1.807) is 0 Å². The van der Waals surface area contributed by atoms with Crippen molar-refractivity contribution in [1.29, 1.82) is 0 Å². The Balaban J connectivity index is 3.14. The standard InChI is InChI=1S/C14H10O8/c15-9(5-11(17)13(19)20)7-2-1-3-8(4-7)10(16)6-12(18)14(21)22/h1-6,15-16H,(H,19,20)(H,21,22). The van der Waals surface area contributed by atoms with E-state index in [-0.39, 0.29) is 11.1 Å². The van der Waals surface area contributed by atoms with Gasteiger partial charge in [-0.3, -0.25) is 9.59 Å². The number of carbonyl (C=O) groups excluding carboxylic acids is 2. The number of aliphatic carboxylic acids is 2. The molecule has 0 aliphatic heterocycles. The predicted molar refractivity (Wildman–Crippen MR) is 72.9 cm³/mol. The molecule has 0 amide bonds. The highest BCUT2D eigenvalue weighted by molar-refractivity contribution is 6.39. The monoisotopic (exact) mass is 306 g/mol. The summed E-state index contributed by atoms with van der Waals surface area (Å²) in [6.07, 6.45) is 0.954. The molecule has 0 heterocycles. The van der Waals surface area contributed by atoms with Crippen molar-refractivity contribution < 1.29 is 39.6 Å². The van der Waals surface area contributed by atoms with E-state index in [1.165, 1.54) is 18.2 Å². The maximum atomic E-state index is 11.0. The van der Waals surface area contributed by atoms with Crippen LogP contribution in [0.5, 0.6) is 0 Å². The lowest BCUT2D eigenvalue weighted by Gasteiger charge is -2.04. The Bertz CT molecular complexity index is 654. The van der Waals surface area contributed by atoms with E-state index in [4.69, 9.17) is 10.2 Å². The van der Waals surface area contributed by atoms with Crippen molar-refractivity contribution in [2.24, 2.45) is 0 Å². The minimum atomic E-state index is -1.75. The molecule has 4 N–H and O–H groups in total. The summed E-state index contributed by atoms with van der Waals surface area (Å²) in [6.45, 7) is 0. The third kappa shape index (κ3) is 4.30. The van der Waals surface area contributed by atoms with Gasteiger partial charge >= 0.3 is 11.9 Å². The van der Waals surface area contributed by atoms with Crippen LogP contribution in [0.3, 0.4) is 0 Å². The Morgan fingerprint density at radius 2 is 1.09 bits per heavy atom. The summed E-state index contributed by atoms with van der Waals surface area (Å²) in [4.78, 5) is 42.7. The Kier molecular flexibility index (Phi) is 5.17. The Hall–Kier alpha value is -3.42. The van der Waals surface area contributed by atoms with E-state index in [0.717, 1.165) is 6.07 Å². The van der Waals surface area contributed by atoms with Crippen LogP contribution < -0.4 is 0 Å². The fourth-order valence-corrected chi connectivity index (χ4v) is 1.38. The third-order valence-electron chi connectivity index (χ3n) is 2.41. The molecular formula is C14H10O8. The zero-order chi connectivity index (χ0) is 16.9. The third-order valence-corrected chi connectivity index (χ3v) is 2.41. The second-order valence-electron chi connectivity index (χ2n) is 3.98. The highest BCUT2D eigenvalue weighted by atomic mass is 16.4. The fraction of sp³-hybridized carbons (Fsp3) is 0. The Morgan fingerprint density at radius 3 is 1.41 bits per heavy atom. The van der Waals surface area contributed by atoms with Gasteiger partial charge in [-0.05, 0) is 6.07 Å². The van der Waals surface area contributed by atoms with Gasteiger partial charge in [0.2, 0.25) is 0 Å². The molecule has 22 heavy (non-hydrogen) atoms. The molecule has 0 radical (unpaired) electrons. The Morgan fingerprint density at radius 1 is 0.727 bits per heavy atom. The molecule has 0 aromatic heterocycles. The second-order valence-corrected chi connectivity index (χ2v) is 3.98. The zero-order valence-corrected chi connectivity index (χ0v) is 10.9. The van der Waals surface area contributed by atoms with Gasteiger partial charge in [0, 0.05) is 23.3 Å². The maximum absolute atomic E-state index is 11.0. The number of hydrogen-bond donors (Lipinski definition) is 4. The summed E-state index contributed by atoms with van der Waals surface area (Å²) < 4.78 is 0. The topological polar surface area (TPSA) is 149 Å². The number of aliphatic hydroxyl groups is 2. The lowest BCUT2D eigenvalue weighted by atomic mass is 10.1. The van der Waals surface area contributed by atoms with Gasteiger partial charge < -0.3 is 20.4 Å². The summed E-state index contributed by atoms with van der Waals surface area (Å²) in [5.41, 5.74) is -0.00959. The minimum Gasteiger partial charge on any atom is -0.507 e. The van der Waals surface area contributed by atoms with Crippen LogP contribution in [0.15, 0.2) is 36.4 Å². The average Bonchev–Trinajstić information content (AvgIpc) is 2.46. The van der Waals surface area contributed by atoms with Crippen molar-refractivity contribution in [2.75, 3.05) is 0 Å². The summed E-state index contributed by atoms with van der Waals surface area (Å²) in [7, 11) is 0. The van der Waals surface area contributed by atoms with Crippen LogP contribution in [0.25, 0.3) is 11.5 Å². The van der Waals surface area contributed by atoms with Crippen molar-refractivity contribution >= 4 is 35.0 Å². The molecule has 0 unspecified atom stereocenters. The normalized spacial score (nSPS) is 11.8. The zero-order valence-electron chi connectivity index (χ0n) is 10.9. The molecule has 8 nitrogen and oxygen atoms in total. The molecule has 1 aromatic carbocycles. The summed E-state index contributed by atoms with van der Waals surface area (Å²) in [5, 5.41) is 36.1. The average molecular weight is 306 g/mol. The number of carbonyl (C=O) groups is 4. The van der Waals surface area contributed by atoms with Crippen LogP contribution in [0.4, 0.5) is 0 Å². The molecule has 0 bridgehead atoms. The first-order valence-corrected chi connectivity index (χ1v) is 5.69. The first-order chi connectivity index (χ1) is 10.2.